The molecule has 0 aliphatic carbocycles. The van der Waals surface area contributed by atoms with Gasteiger partial charge >= 0.3 is 0 Å². The average Bonchev–Trinajstić information content (AvgIpc) is 3.10. The normalized spacial score (nSPS) is 11.7. The highest BCUT2D eigenvalue weighted by atomic mass is 32.1. The number of thiophene rings is 1. The van der Waals surface area contributed by atoms with Crippen molar-refractivity contribution < 1.29 is 4.79 Å². The predicted octanol–water partition coefficient (Wildman–Crippen LogP) is 4.50. The molecule has 1 amide bonds. The van der Waals surface area contributed by atoms with Gasteiger partial charge < -0.3 is 10.6 Å². The van der Waals surface area contributed by atoms with E-state index in [0.29, 0.717) is 12.1 Å². The predicted molar refractivity (Wildman–Crippen MR) is 99.4 cm³/mol. The molecule has 2 N–H and O–H groups in total. The highest BCUT2D eigenvalue weighted by Crippen LogP contribution is 2.18. The molecular weight excluding hydrogens is 318 g/mol. The Labute approximate surface area is 145 Å². The molecule has 5 heteroatoms. The minimum atomic E-state index is -0.0300. The first-order chi connectivity index (χ1) is 11.7. The minimum absolute atomic E-state index is 0.0300. The fourth-order valence-corrected chi connectivity index (χ4v) is 3.08. The Hall–Kier alpha value is -2.66. The van der Waals surface area contributed by atoms with E-state index in [1.165, 1.54) is 5.56 Å². The molecule has 0 saturated heterocycles. The molecule has 2 heterocycles. The highest BCUT2D eigenvalue weighted by molar-refractivity contribution is 7.10. The number of rotatable bonds is 6. The van der Waals surface area contributed by atoms with Crippen molar-refractivity contribution in [3.63, 3.8) is 0 Å². The van der Waals surface area contributed by atoms with Crippen LogP contribution in [0.5, 0.6) is 0 Å². The van der Waals surface area contributed by atoms with Gasteiger partial charge in [0.15, 0.2) is 0 Å². The van der Waals surface area contributed by atoms with Crippen LogP contribution in [-0.4, -0.2) is 10.9 Å². The number of pyridine rings is 1. The van der Waals surface area contributed by atoms with Crippen molar-refractivity contribution in [3.8, 4) is 0 Å². The molecule has 1 unspecified atom stereocenters. The van der Waals surface area contributed by atoms with Crippen molar-refractivity contribution in [2.24, 2.45) is 0 Å². The number of carbonyl (C=O) groups is 1. The Balaban J connectivity index is 1.56. The van der Waals surface area contributed by atoms with E-state index in [1.54, 1.807) is 17.5 Å². The SMILES string of the molecule is CC(Nc1ccc(NC(=O)Cc2cccs2)cn1)c1ccccc1. The molecule has 1 aromatic carbocycles. The molecule has 0 bridgehead atoms. The smallest absolute Gasteiger partial charge is 0.229 e. The fourth-order valence-electron chi connectivity index (χ4n) is 2.38. The maximum absolute atomic E-state index is 12.0. The summed E-state index contributed by atoms with van der Waals surface area (Å²) in [7, 11) is 0. The van der Waals surface area contributed by atoms with Crippen molar-refractivity contribution >= 4 is 28.7 Å². The van der Waals surface area contributed by atoms with E-state index in [9.17, 15) is 4.79 Å². The van der Waals surface area contributed by atoms with Crippen LogP contribution < -0.4 is 10.6 Å². The molecule has 0 radical (unpaired) electrons. The lowest BCUT2D eigenvalue weighted by Crippen LogP contribution is -2.14. The van der Waals surface area contributed by atoms with Crippen molar-refractivity contribution in [1.82, 2.24) is 4.98 Å². The number of anilines is 2. The summed E-state index contributed by atoms with van der Waals surface area (Å²) in [6.45, 7) is 2.09. The van der Waals surface area contributed by atoms with Crippen LogP contribution in [-0.2, 0) is 11.2 Å². The first kappa shape index (κ1) is 16.2. The lowest BCUT2D eigenvalue weighted by molar-refractivity contribution is -0.115. The van der Waals surface area contributed by atoms with Crippen LogP contribution in [0.4, 0.5) is 11.5 Å². The summed E-state index contributed by atoms with van der Waals surface area (Å²) in [5, 5.41) is 8.19. The van der Waals surface area contributed by atoms with E-state index >= 15 is 0 Å². The van der Waals surface area contributed by atoms with Crippen LogP contribution in [0.15, 0.2) is 66.2 Å². The van der Waals surface area contributed by atoms with E-state index in [4.69, 9.17) is 0 Å². The van der Waals surface area contributed by atoms with Gasteiger partial charge in [-0.05, 0) is 36.1 Å². The van der Waals surface area contributed by atoms with Gasteiger partial charge in [0, 0.05) is 10.9 Å². The molecule has 122 valence electrons. The summed E-state index contributed by atoms with van der Waals surface area (Å²) in [6, 6.07) is 18.0. The van der Waals surface area contributed by atoms with Crippen LogP contribution >= 0.6 is 11.3 Å². The lowest BCUT2D eigenvalue weighted by atomic mass is 10.1. The molecular formula is C19H19N3OS. The molecule has 1 atom stereocenters. The van der Waals surface area contributed by atoms with Crippen molar-refractivity contribution in [2.75, 3.05) is 10.6 Å². The van der Waals surface area contributed by atoms with Gasteiger partial charge in [0.05, 0.1) is 18.3 Å². The van der Waals surface area contributed by atoms with Crippen molar-refractivity contribution in [3.05, 3.63) is 76.6 Å². The van der Waals surface area contributed by atoms with Gasteiger partial charge in [-0.25, -0.2) is 4.98 Å². The van der Waals surface area contributed by atoms with Gasteiger partial charge in [-0.3, -0.25) is 4.79 Å². The second-order valence-corrected chi connectivity index (χ2v) is 6.55. The number of benzene rings is 1. The van der Waals surface area contributed by atoms with Gasteiger partial charge in [0.25, 0.3) is 0 Å². The zero-order valence-electron chi connectivity index (χ0n) is 13.4. The molecule has 3 aromatic rings. The molecule has 2 aromatic heterocycles. The number of aromatic nitrogens is 1. The van der Waals surface area contributed by atoms with Crippen LogP contribution in [0, 0.1) is 0 Å². The van der Waals surface area contributed by atoms with Crippen LogP contribution in [0.1, 0.15) is 23.4 Å². The zero-order chi connectivity index (χ0) is 16.8. The monoisotopic (exact) mass is 337 g/mol. The quantitative estimate of drug-likeness (QED) is 0.696. The summed E-state index contributed by atoms with van der Waals surface area (Å²) >= 11 is 1.58. The number of nitrogens with one attached hydrogen (secondary N) is 2. The van der Waals surface area contributed by atoms with Gasteiger partial charge in [-0.2, -0.15) is 0 Å². The lowest BCUT2D eigenvalue weighted by Gasteiger charge is -2.15. The minimum Gasteiger partial charge on any atom is -0.364 e. The fraction of sp³-hybridized carbons (Fsp3) is 0.158. The van der Waals surface area contributed by atoms with Crippen LogP contribution in [0.3, 0.4) is 0 Å². The summed E-state index contributed by atoms with van der Waals surface area (Å²) < 4.78 is 0. The van der Waals surface area contributed by atoms with E-state index in [-0.39, 0.29) is 11.9 Å². The number of nitrogens with zero attached hydrogens (tertiary/aromatic N) is 1. The topological polar surface area (TPSA) is 54.0 Å². The molecule has 3 rings (SSSR count). The summed E-state index contributed by atoms with van der Waals surface area (Å²) in [6.07, 6.45) is 2.06. The van der Waals surface area contributed by atoms with E-state index < -0.39 is 0 Å². The molecule has 0 aliphatic heterocycles. The third kappa shape index (κ3) is 4.43. The Bertz CT molecular complexity index is 770. The molecule has 0 saturated carbocycles. The second kappa shape index (κ2) is 7.75. The zero-order valence-corrected chi connectivity index (χ0v) is 14.2. The van der Waals surface area contributed by atoms with Crippen LogP contribution in [0.25, 0.3) is 0 Å². The Morgan fingerprint density at radius 1 is 1.12 bits per heavy atom. The van der Waals surface area contributed by atoms with Crippen molar-refractivity contribution in [2.45, 2.75) is 19.4 Å². The third-order valence-corrected chi connectivity index (χ3v) is 4.50. The molecule has 0 aliphatic rings. The van der Waals surface area contributed by atoms with E-state index in [1.807, 2.05) is 47.8 Å². The standard InChI is InChI=1S/C19H19N3OS/c1-14(15-6-3-2-4-7-15)21-18-10-9-16(13-20-18)22-19(23)12-17-8-5-11-24-17/h2-11,13-14H,12H2,1H3,(H,20,21)(H,22,23). The van der Waals surface area contributed by atoms with E-state index in [2.05, 4.69) is 34.7 Å². The summed E-state index contributed by atoms with van der Waals surface area (Å²) in [5.41, 5.74) is 1.90. The summed E-state index contributed by atoms with van der Waals surface area (Å²) in [4.78, 5) is 17.4. The largest absolute Gasteiger partial charge is 0.364 e. The number of hydrogen-bond donors (Lipinski definition) is 2. The second-order valence-electron chi connectivity index (χ2n) is 5.51. The Morgan fingerprint density at radius 3 is 2.62 bits per heavy atom. The molecule has 24 heavy (non-hydrogen) atoms. The van der Waals surface area contributed by atoms with Gasteiger partial charge in [-0.15, -0.1) is 11.3 Å². The first-order valence-electron chi connectivity index (χ1n) is 7.80. The number of carbonyl (C=O) groups excluding carboxylic acids is 1. The van der Waals surface area contributed by atoms with Gasteiger partial charge in [0.1, 0.15) is 5.82 Å². The molecule has 4 nitrogen and oxygen atoms in total. The summed E-state index contributed by atoms with van der Waals surface area (Å²) in [5.74, 6) is 0.750. The number of amides is 1. The van der Waals surface area contributed by atoms with E-state index in [0.717, 1.165) is 10.7 Å². The highest BCUT2D eigenvalue weighted by Gasteiger charge is 2.07. The molecule has 0 spiro atoms. The maximum Gasteiger partial charge on any atom is 0.229 e. The van der Waals surface area contributed by atoms with Gasteiger partial charge in [-0.1, -0.05) is 36.4 Å². The Morgan fingerprint density at radius 2 is 1.96 bits per heavy atom. The maximum atomic E-state index is 12.0. The van der Waals surface area contributed by atoms with Gasteiger partial charge in [0.2, 0.25) is 5.91 Å². The average molecular weight is 337 g/mol. The first-order valence-corrected chi connectivity index (χ1v) is 8.68. The molecule has 0 fully saturated rings. The number of hydrogen-bond acceptors (Lipinski definition) is 4. The van der Waals surface area contributed by atoms with Crippen molar-refractivity contribution in [1.29, 1.82) is 0 Å². The van der Waals surface area contributed by atoms with Crippen LogP contribution in [0.2, 0.25) is 0 Å². The Kier molecular flexibility index (Phi) is 5.23. The third-order valence-electron chi connectivity index (χ3n) is 3.63.